The summed E-state index contributed by atoms with van der Waals surface area (Å²) in [4.78, 5) is 106. The number of rotatable bonds is 12. The normalized spacial score (nSPS) is 12.1. The Labute approximate surface area is 396 Å². The predicted octanol–water partition coefficient (Wildman–Crippen LogP) is 8.97. The number of fused-ring (bicyclic) bond motifs is 8. The van der Waals surface area contributed by atoms with E-state index < -0.39 is 141 Å². The Morgan fingerprint density at radius 3 is 0.903 bits per heavy atom. The maximum Gasteiger partial charge on any atom is 0.374 e. The lowest BCUT2D eigenvalue weighted by Gasteiger charge is -2.10. The van der Waals surface area contributed by atoms with Crippen LogP contribution in [0.5, 0.6) is 0 Å². The Balaban J connectivity index is 1.82. The molecule has 72 heavy (non-hydrogen) atoms. The third-order valence-electron chi connectivity index (χ3n) is 11.3. The molecule has 3 aromatic heterocycles. The minimum absolute atomic E-state index is 0.237. The molecule has 8 bridgehead atoms. The number of hydrogen-bond acceptors (Lipinski definition) is 18. The van der Waals surface area contributed by atoms with Crippen LogP contribution in [0.15, 0.2) is 133 Å². The second kappa shape index (κ2) is 17.4. The standard InChI is InChI=1S/C44H22N12O16/c57-49(58)35-27-21-29-37(51(61)62)43(55(69)70)39(47(29)25-17-9-3-10-18-25)31(23-13-5-1-6-14-23)33-41(53(65)66)42(54(67)68)34(46-33)32(24-15-7-2-8-16-24)40-44(56(71)72)38(52(63)64)30(22-28(45-27)36(35)50(59)60)48(40)26-19-11-4-12-20-26/h1-22H. The molecule has 0 saturated carbocycles. The minimum Gasteiger partial charge on any atom is -0.297 e. The smallest absolute Gasteiger partial charge is 0.297 e. The van der Waals surface area contributed by atoms with Crippen molar-refractivity contribution in [3.8, 4) is 33.6 Å². The van der Waals surface area contributed by atoms with Gasteiger partial charge in [-0.15, -0.1) is 0 Å². The molecule has 0 unspecified atom stereocenters. The fourth-order valence-corrected chi connectivity index (χ4v) is 8.67. The lowest BCUT2D eigenvalue weighted by atomic mass is 10.00. The Morgan fingerprint density at radius 1 is 0.333 bits per heavy atom. The number of nitro groups is 8. The van der Waals surface area contributed by atoms with Gasteiger partial charge in [-0.05, 0) is 35.4 Å². The number of para-hydroxylation sites is 2. The van der Waals surface area contributed by atoms with Crippen LogP contribution >= 0.6 is 0 Å². The number of nitrogens with zero attached hydrogens (tertiary/aromatic N) is 12. The van der Waals surface area contributed by atoms with Gasteiger partial charge in [0.1, 0.15) is 22.1 Å². The molecule has 0 N–H and O–H groups in total. The predicted molar refractivity (Wildman–Crippen MR) is 250 cm³/mol. The number of aromatic nitrogens is 4. The summed E-state index contributed by atoms with van der Waals surface area (Å²) in [5.74, 6) is 0. The van der Waals surface area contributed by atoms with Gasteiger partial charge in [0.2, 0.25) is 0 Å². The van der Waals surface area contributed by atoms with Crippen molar-refractivity contribution in [2.75, 3.05) is 0 Å². The first-order valence-electron chi connectivity index (χ1n) is 20.2. The van der Waals surface area contributed by atoms with Gasteiger partial charge in [0, 0.05) is 34.6 Å². The van der Waals surface area contributed by atoms with Gasteiger partial charge in [-0.1, -0.05) is 97.1 Å². The van der Waals surface area contributed by atoms with Gasteiger partial charge in [0.15, 0.2) is 22.8 Å². The molecule has 28 heteroatoms. The summed E-state index contributed by atoms with van der Waals surface area (Å²) in [7, 11) is 0. The van der Waals surface area contributed by atoms with E-state index in [9.17, 15) is 80.9 Å². The first-order valence-corrected chi connectivity index (χ1v) is 20.2. The van der Waals surface area contributed by atoms with Crippen molar-refractivity contribution in [3.63, 3.8) is 0 Å². The van der Waals surface area contributed by atoms with Crippen LogP contribution in [0.1, 0.15) is 22.8 Å². The average Bonchev–Trinajstić information content (AvgIpc) is 4.09. The Morgan fingerprint density at radius 2 is 0.625 bits per heavy atom. The molecule has 0 amide bonds. The van der Waals surface area contributed by atoms with Crippen LogP contribution in [-0.4, -0.2) is 58.5 Å². The van der Waals surface area contributed by atoms with Crippen LogP contribution in [0.25, 0.3) is 78.5 Å². The molecular formula is C44H22N12O16. The summed E-state index contributed by atoms with van der Waals surface area (Å²) in [5, 5.41) is 107. The molecule has 28 nitrogen and oxygen atoms in total. The Kier molecular flexibility index (Phi) is 11.1. The van der Waals surface area contributed by atoms with E-state index in [0.29, 0.717) is 12.1 Å². The second-order valence-corrected chi connectivity index (χ2v) is 15.1. The average molecular weight is 975 g/mol. The summed E-state index contributed by atoms with van der Waals surface area (Å²) in [5.41, 5.74) is -23.0. The highest BCUT2D eigenvalue weighted by Crippen LogP contribution is 2.52. The highest BCUT2D eigenvalue weighted by molar-refractivity contribution is 6.08. The van der Waals surface area contributed by atoms with Crippen molar-refractivity contribution < 1.29 is 39.4 Å². The topological polar surface area (TPSA) is 381 Å². The zero-order valence-corrected chi connectivity index (χ0v) is 35.6. The van der Waals surface area contributed by atoms with Gasteiger partial charge >= 0.3 is 45.5 Å². The van der Waals surface area contributed by atoms with Crippen molar-refractivity contribution in [3.05, 3.63) is 237 Å². The van der Waals surface area contributed by atoms with Crippen molar-refractivity contribution in [2.45, 2.75) is 0 Å². The lowest BCUT2D eigenvalue weighted by molar-refractivity contribution is -0.419. The van der Waals surface area contributed by atoms with Crippen LogP contribution in [0.3, 0.4) is 0 Å². The van der Waals surface area contributed by atoms with E-state index >= 15 is 0 Å². The van der Waals surface area contributed by atoms with Gasteiger partial charge in [0.25, 0.3) is 0 Å². The molecule has 7 aromatic rings. The van der Waals surface area contributed by atoms with Crippen molar-refractivity contribution in [1.82, 2.24) is 19.1 Å². The molecule has 0 fully saturated rings. The number of benzene rings is 4. The van der Waals surface area contributed by atoms with E-state index in [1.807, 2.05) is 0 Å². The zero-order valence-electron chi connectivity index (χ0n) is 35.6. The second-order valence-electron chi connectivity index (χ2n) is 15.1. The van der Waals surface area contributed by atoms with Crippen LogP contribution in [0.2, 0.25) is 0 Å². The number of hydrogen-bond donors (Lipinski definition) is 0. The molecule has 0 atom stereocenters. The fourth-order valence-electron chi connectivity index (χ4n) is 8.67. The van der Waals surface area contributed by atoms with Crippen molar-refractivity contribution in [2.24, 2.45) is 0 Å². The van der Waals surface area contributed by atoms with Gasteiger partial charge < -0.3 is 0 Å². The highest BCUT2D eigenvalue weighted by atomic mass is 16.7. The molecule has 2 aliphatic rings. The molecular weight excluding hydrogens is 953 g/mol. The Bertz CT molecular complexity index is 3630. The van der Waals surface area contributed by atoms with E-state index in [4.69, 9.17) is 0 Å². The SMILES string of the molecule is O=[N+]([O-])C1=C([N+](=O)[O-])c2cc3c([N+](=O)[O-])c([N+](=O)[O-])c(c(-c4ccccc4)c4nc(c(-c5ccccc5)c5c([N+](=O)[O-])c([N+](=O)[O-])c(cc1n2)n5-c1ccccc1)C([N+](=O)[O-])=C4[N+](=O)[O-])n3-c1ccccc1. The first kappa shape index (κ1) is 45.8. The van der Waals surface area contributed by atoms with E-state index in [-0.39, 0.29) is 22.5 Å². The molecule has 4 aromatic carbocycles. The van der Waals surface area contributed by atoms with E-state index in [2.05, 4.69) is 9.97 Å². The molecule has 354 valence electrons. The molecule has 9 rings (SSSR count). The van der Waals surface area contributed by atoms with Gasteiger partial charge in [-0.2, -0.15) is 0 Å². The monoisotopic (exact) mass is 974 g/mol. The van der Waals surface area contributed by atoms with Crippen molar-refractivity contribution >= 4 is 67.6 Å². The van der Waals surface area contributed by atoms with Crippen LogP contribution < -0.4 is 0 Å². The molecule has 2 aliphatic heterocycles. The maximum atomic E-state index is 13.7. The zero-order chi connectivity index (χ0) is 51.4. The molecule has 0 saturated heterocycles. The summed E-state index contributed by atoms with van der Waals surface area (Å²) in [6.45, 7) is 0. The minimum atomic E-state index is -1.52. The molecule has 5 heterocycles. The highest BCUT2D eigenvalue weighted by Gasteiger charge is 2.49. The van der Waals surface area contributed by atoms with E-state index in [0.717, 1.165) is 9.13 Å². The van der Waals surface area contributed by atoms with Crippen molar-refractivity contribution in [1.29, 1.82) is 0 Å². The van der Waals surface area contributed by atoms with Crippen LogP contribution in [0.4, 0.5) is 22.7 Å². The summed E-state index contributed by atoms with van der Waals surface area (Å²) < 4.78 is 1.51. The first-order chi connectivity index (χ1) is 34.4. The largest absolute Gasteiger partial charge is 0.374 e. The third kappa shape index (κ3) is 7.20. The summed E-state index contributed by atoms with van der Waals surface area (Å²) in [6.07, 6.45) is 0. The van der Waals surface area contributed by atoms with Gasteiger partial charge in [0.05, 0.1) is 39.4 Å². The fraction of sp³-hybridized carbons (Fsp3) is 0. The van der Waals surface area contributed by atoms with E-state index in [1.165, 1.54) is 121 Å². The summed E-state index contributed by atoms with van der Waals surface area (Å²) >= 11 is 0. The van der Waals surface area contributed by atoms with Crippen LogP contribution in [0, 0.1) is 80.9 Å². The molecule has 0 spiro atoms. The van der Waals surface area contributed by atoms with E-state index in [1.54, 1.807) is 0 Å². The lowest BCUT2D eigenvalue weighted by Crippen LogP contribution is -2.06. The maximum absolute atomic E-state index is 13.7. The quantitative estimate of drug-likeness (QED) is 0.0813. The van der Waals surface area contributed by atoms with Gasteiger partial charge in [-0.25, -0.2) is 9.97 Å². The summed E-state index contributed by atoms with van der Waals surface area (Å²) in [6, 6.07) is 27.2. The van der Waals surface area contributed by atoms with Crippen LogP contribution in [-0.2, 0) is 0 Å². The Hall–Kier alpha value is -11.3. The third-order valence-corrected chi connectivity index (χ3v) is 11.3. The van der Waals surface area contributed by atoms with Gasteiger partial charge in [-0.3, -0.25) is 90.0 Å². The molecule has 0 aliphatic carbocycles. The molecule has 0 radical (unpaired) electrons.